The first kappa shape index (κ1) is 72.6. The number of aromatic nitrogens is 12. The van der Waals surface area contributed by atoms with E-state index < -0.39 is 0 Å². The van der Waals surface area contributed by atoms with E-state index in [2.05, 4.69) is 334 Å². The van der Waals surface area contributed by atoms with E-state index in [0.717, 1.165) is 184 Å². The second kappa shape index (κ2) is 34.2. The molecular weight excluding hydrogens is 1940 g/mol. The van der Waals surface area contributed by atoms with E-state index in [1.54, 1.807) is 0 Å². The number of aromatic amines is 4. The van der Waals surface area contributed by atoms with Crippen LogP contribution in [0, 0.1) is 21.4 Å². The molecule has 0 radical (unpaired) electrons. The second-order valence-corrected chi connectivity index (χ2v) is 31.1. The molecule has 0 saturated heterocycles. The zero-order valence-corrected chi connectivity index (χ0v) is 70.9. The Kier molecular flexibility index (Phi) is 25.3. The summed E-state index contributed by atoms with van der Waals surface area (Å²) in [5, 5.41) is 0. The summed E-state index contributed by atoms with van der Waals surface area (Å²) in [6.45, 7) is 6.75. The number of H-pyrrole nitrogens is 4. The first-order chi connectivity index (χ1) is 47.4. The molecule has 4 N–H and O–H groups in total. The molecule has 0 amide bonds. The van der Waals surface area contributed by atoms with Crippen molar-refractivity contribution in [2.75, 3.05) is 0 Å². The van der Waals surface area contributed by atoms with Gasteiger partial charge in [0.05, 0.1) is 95.6 Å². The first-order valence-corrected chi connectivity index (χ1v) is 40.0. The van der Waals surface area contributed by atoms with Crippen LogP contribution in [0.1, 0.15) is 189 Å². The molecular formula is C79H72I6N12Zn. The van der Waals surface area contributed by atoms with Gasteiger partial charge in [-0.05, 0) is 319 Å². The average molecular weight is 2020 g/mol. The topological polar surface area (TPSA) is 169 Å². The number of unbranched alkanes of at least 4 members (excludes halogenated alkanes) is 10. The molecule has 492 valence electrons. The Balaban J connectivity index is 0.000000140. The predicted octanol–water partition coefficient (Wildman–Crippen LogP) is 23.6. The molecule has 0 atom stereocenters. The summed E-state index contributed by atoms with van der Waals surface area (Å²) in [5.41, 5.74) is 28.2. The van der Waals surface area contributed by atoms with E-state index >= 15 is 0 Å². The molecule has 6 aliphatic heterocycles. The number of nitrogens with one attached hydrogen (secondary N) is 4. The van der Waals surface area contributed by atoms with Crippen molar-refractivity contribution in [3.05, 3.63) is 197 Å². The molecule has 12 nitrogen and oxygen atoms in total. The molecule has 19 heteroatoms. The van der Waals surface area contributed by atoms with Crippen molar-refractivity contribution < 1.29 is 19.5 Å². The van der Waals surface area contributed by atoms with E-state index in [-0.39, 0.29) is 19.5 Å². The van der Waals surface area contributed by atoms with Crippen LogP contribution in [0.3, 0.4) is 0 Å². The second-order valence-electron chi connectivity index (χ2n) is 24.6. The third kappa shape index (κ3) is 17.3. The van der Waals surface area contributed by atoms with Crippen molar-refractivity contribution in [2.45, 2.75) is 124 Å². The van der Waals surface area contributed by atoms with E-state index in [1.807, 2.05) is 6.08 Å². The molecule has 9 aromatic heterocycles. The minimum absolute atomic E-state index is 0. The Hall–Kier alpha value is -5.20. The minimum Gasteiger partial charge on any atom is -0.657 e. The number of hydrogen-bond acceptors (Lipinski definition) is 6. The van der Waals surface area contributed by atoms with Crippen LogP contribution in [0.15, 0.2) is 91.0 Å². The number of fused-ring (bicyclic) bond motifs is 24. The van der Waals surface area contributed by atoms with Crippen LogP contribution in [-0.4, -0.2) is 49.8 Å². The number of aryl methyl sites for hydroxylation is 3. The molecule has 0 unspecified atom stereocenters. The number of rotatable bonds is 16. The van der Waals surface area contributed by atoms with Crippen molar-refractivity contribution in [3.63, 3.8) is 0 Å². The van der Waals surface area contributed by atoms with Gasteiger partial charge in [-0.3, -0.25) is 0 Å². The predicted molar refractivity (Wildman–Crippen MR) is 459 cm³/mol. The molecule has 0 aromatic carbocycles. The molecule has 15 heterocycles. The minimum atomic E-state index is 0. The van der Waals surface area contributed by atoms with Gasteiger partial charge in [0, 0.05) is 49.4 Å². The van der Waals surface area contributed by atoms with Crippen LogP contribution < -0.4 is 9.97 Å². The Morgan fingerprint density at radius 3 is 1.15 bits per heavy atom. The van der Waals surface area contributed by atoms with Gasteiger partial charge in [-0.2, -0.15) is 0 Å². The standard InChI is InChI=1S/C29H27I3N4.C25H21I3N4.C25H24N4.Zn/c1-2-3-4-5-6-7-8-9-18-19-10-12-21(33-19)27(30)23-14-16-25(35-23)29(32)26-17-15-24(36-26)28(31)22-13-11-20(18)34-22;1-2-3-4-5-14-15-6-8-17(29-15)23(26)19-10-12-21(31-19)25(28)22-13-11-20(32-22)24(27)18-9-7-16(14)30-18;1-2-3-4-5-23-24-12-10-21(28-24)15-19-8-6-17(26-19)14-18-7-9-20(27-18)16-22-11-13-25(23)29-22;/h10-17H,2-9H2,1H3;6-13,29,31H,2-5H2,1H3;6-16,26,29H,2-5H2,1H3;/q-2;;;+2. The van der Waals surface area contributed by atoms with E-state index in [9.17, 15) is 0 Å². The van der Waals surface area contributed by atoms with Crippen LogP contribution >= 0.6 is 136 Å². The zero-order chi connectivity index (χ0) is 66.9. The summed E-state index contributed by atoms with van der Waals surface area (Å²) >= 11 is 14.3. The summed E-state index contributed by atoms with van der Waals surface area (Å²) in [4.78, 5) is 53.8. The molecule has 9 aromatic rings. The Morgan fingerprint density at radius 1 is 0.276 bits per heavy atom. The Bertz CT molecular complexity index is 5220. The molecule has 15 rings (SSSR count). The van der Waals surface area contributed by atoms with Crippen molar-refractivity contribution >= 4 is 275 Å². The fraction of sp³-hybridized carbons (Fsp3) is 0.241. The van der Waals surface area contributed by atoms with E-state index in [4.69, 9.17) is 39.9 Å². The van der Waals surface area contributed by atoms with Gasteiger partial charge in [0.15, 0.2) is 0 Å². The number of halogens is 6. The Morgan fingerprint density at radius 2 is 0.602 bits per heavy atom. The maximum Gasteiger partial charge on any atom is 2.00 e. The Labute approximate surface area is 666 Å². The van der Waals surface area contributed by atoms with Gasteiger partial charge in [-0.15, -0.1) is 22.1 Å². The van der Waals surface area contributed by atoms with Crippen molar-refractivity contribution in [1.82, 2.24) is 59.8 Å². The molecule has 24 bridgehead atoms. The summed E-state index contributed by atoms with van der Waals surface area (Å²) in [6.07, 6.45) is 44.4. The first-order valence-electron chi connectivity index (χ1n) is 33.6. The quantitative estimate of drug-likeness (QED) is 0.0421. The van der Waals surface area contributed by atoms with Crippen LogP contribution in [0.25, 0.3) is 139 Å². The smallest absolute Gasteiger partial charge is 0.657 e. The molecule has 98 heavy (non-hydrogen) atoms. The summed E-state index contributed by atoms with van der Waals surface area (Å²) in [6, 6.07) is 31.7. The van der Waals surface area contributed by atoms with Crippen LogP contribution in [0.4, 0.5) is 0 Å². The molecule has 6 aliphatic rings. The van der Waals surface area contributed by atoms with Gasteiger partial charge in [-0.1, -0.05) is 109 Å². The monoisotopic (exact) mass is 2010 g/mol. The van der Waals surface area contributed by atoms with Gasteiger partial charge >= 0.3 is 19.5 Å². The summed E-state index contributed by atoms with van der Waals surface area (Å²) in [7, 11) is 0. The average Bonchev–Trinajstić information content (AvgIpc) is 1.66. The van der Waals surface area contributed by atoms with Crippen molar-refractivity contribution in [3.8, 4) is 0 Å². The fourth-order valence-corrected chi connectivity index (χ4v) is 16.1. The summed E-state index contributed by atoms with van der Waals surface area (Å²) in [5.74, 6) is 0. The third-order valence-electron chi connectivity index (χ3n) is 17.6. The third-order valence-corrected chi connectivity index (χ3v) is 24.3. The van der Waals surface area contributed by atoms with E-state index in [0.29, 0.717) is 0 Å². The molecule has 0 saturated carbocycles. The summed E-state index contributed by atoms with van der Waals surface area (Å²) < 4.78 is 6.52. The SMILES string of the molecule is CCCCCCCCCc1c2nc(c(I)c3ccc([n-]3)c(I)c3nc(c(I)c4ccc1[n-]4)C=C3)C=C2.CCCCCc1c2nc(c(I)c3nc(c(I)c4ccc([nH]4)c(I)c4ccc1[nH]4)C=C3)C=C2.CCCCCc1c2nc(cc3ccc(cc4nc(cc5ccc1[nH]5)C=C4)[nH]3)C=C2.[Zn+2]. The molecule has 0 fully saturated rings. The van der Waals surface area contributed by atoms with Crippen molar-refractivity contribution in [2.24, 2.45) is 0 Å². The normalized spacial score (nSPS) is 12.5. The van der Waals surface area contributed by atoms with Gasteiger partial charge < -0.3 is 29.9 Å². The maximum absolute atomic E-state index is 5.07. The van der Waals surface area contributed by atoms with Gasteiger partial charge in [0.1, 0.15) is 0 Å². The number of nitrogens with zero attached hydrogens (tertiary/aromatic N) is 8. The van der Waals surface area contributed by atoms with Gasteiger partial charge in [0.2, 0.25) is 0 Å². The van der Waals surface area contributed by atoms with Gasteiger partial charge in [-0.25, -0.2) is 29.9 Å². The number of hydrogen-bond donors (Lipinski definition) is 4. The van der Waals surface area contributed by atoms with Crippen LogP contribution in [0.5, 0.6) is 0 Å². The van der Waals surface area contributed by atoms with Crippen LogP contribution in [-0.2, 0) is 38.7 Å². The van der Waals surface area contributed by atoms with Crippen molar-refractivity contribution in [1.29, 1.82) is 0 Å². The largest absolute Gasteiger partial charge is 2.00 e. The fourth-order valence-electron chi connectivity index (χ4n) is 12.4. The van der Waals surface area contributed by atoms with Crippen LogP contribution in [0.2, 0.25) is 0 Å². The molecule has 0 aliphatic carbocycles. The maximum atomic E-state index is 5.07. The molecule has 0 spiro atoms. The van der Waals surface area contributed by atoms with Gasteiger partial charge in [0.25, 0.3) is 0 Å². The van der Waals surface area contributed by atoms with E-state index in [1.165, 1.54) is 90.9 Å². The zero-order valence-electron chi connectivity index (χ0n) is 55.0.